The van der Waals surface area contributed by atoms with E-state index in [1.54, 1.807) is 12.3 Å². The quantitative estimate of drug-likeness (QED) is 0.834. The molecule has 0 radical (unpaired) electrons. The molecule has 4 rings (SSSR count). The predicted octanol–water partition coefficient (Wildman–Crippen LogP) is 2.36. The van der Waals surface area contributed by atoms with Crippen LogP contribution in [0.1, 0.15) is 19.3 Å². The summed E-state index contributed by atoms with van der Waals surface area (Å²) in [6.45, 7) is 0. The summed E-state index contributed by atoms with van der Waals surface area (Å²) < 4.78 is 0. The lowest BCUT2D eigenvalue weighted by Crippen LogP contribution is -2.19. The van der Waals surface area contributed by atoms with Gasteiger partial charge in [0.2, 0.25) is 11.9 Å². The third-order valence-corrected chi connectivity index (χ3v) is 5.11. The zero-order valence-electron chi connectivity index (χ0n) is 9.84. The van der Waals surface area contributed by atoms with Gasteiger partial charge in [-0.1, -0.05) is 11.6 Å². The van der Waals surface area contributed by atoms with Crippen molar-refractivity contribution >= 4 is 23.5 Å². The lowest BCUT2D eigenvalue weighted by Gasteiger charge is -2.08. The van der Waals surface area contributed by atoms with Crippen molar-refractivity contribution in [1.29, 1.82) is 0 Å². The van der Waals surface area contributed by atoms with Crippen LogP contribution in [-0.2, 0) is 4.79 Å². The van der Waals surface area contributed by atoms with E-state index in [2.05, 4.69) is 15.3 Å². The van der Waals surface area contributed by atoms with Gasteiger partial charge < -0.3 is 0 Å². The van der Waals surface area contributed by atoms with Crippen LogP contribution in [0.3, 0.4) is 0 Å². The first-order chi connectivity index (χ1) is 8.74. The third-order valence-electron chi connectivity index (χ3n) is 4.89. The second-order valence-electron chi connectivity index (χ2n) is 5.71. The molecule has 0 saturated heterocycles. The molecule has 18 heavy (non-hydrogen) atoms. The number of carbonyl (C=O) groups excluding carboxylic acids is 1. The summed E-state index contributed by atoms with van der Waals surface area (Å²) in [4.78, 5) is 20.2. The maximum atomic E-state index is 12.2. The van der Waals surface area contributed by atoms with Crippen LogP contribution < -0.4 is 5.32 Å². The van der Waals surface area contributed by atoms with Crippen LogP contribution in [0.2, 0.25) is 5.15 Å². The minimum Gasteiger partial charge on any atom is -0.294 e. The molecular weight excluding hydrogens is 250 g/mol. The topological polar surface area (TPSA) is 54.9 Å². The minimum atomic E-state index is 0.0869. The van der Waals surface area contributed by atoms with Gasteiger partial charge in [0.1, 0.15) is 5.15 Å². The van der Waals surface area contributed by atoms with Gasteiger partial charge in [-0.15, -0.1) is 0 Å². The van der Waals surface area contributed by atoms with Crippen molar-refractivity contribution in [2.75, 3.05) is 5.32 Å². The summed E-state index contributed by atoms with van der Waals surface area (Å²) >= 11 is 5.77. The molecular formula is C13H14ClN3O. The van der Waals surface area contributed by atoms with Gasteiger partial charge in [0.25, 0.3) is 0 Å². The zero-order chi connectivity index (χ0) is 12.3. The zero-order valence-corrected chi connectivity index (χ0v) is 10.6. The van der Waals surface area contributed by atoms with E-state index in [1.165, 1.54) is 19.3 Å². The molecule has 3 aliphatic carbocycles. The molecule has 0 aromatic carbocycles. The first kappa shape index (κ1) is 10.7. The SMILES string of the molecule is O=C(Nc1nccc(Cl)n1)C1C2C3CCC(C3)C12. The van der Waals surface area contributed by atoms with Crippen LogP contribution >= 0.6 is 11.6 Å². The normalized spacial score (nSPS) is 39.5. The summed E-state index contributed by atoms with van der Waals surface area (Å²) in [5, 5.41) is 3.15. The molecule has 1 heterocycles. The number of hydrogen-bond acceptors (Lipinski definition) is 3. The molecule has 5 heteroatoms. The number of anilines is 1. The van der Waals surface area contributed by atoms with Gasteiger partial charge in [-0.3, -0.25) is 10.1 Å². The van der Waals surface area contributed by atoms with Crippen molar-refractivity contribution in [3.05, 3.63) is 17.4 Å². The molecule has 3 aliphatic rings. The summed E-state index contributed by atoms with van der Waals surface area (Å²) in [5.74, 6) is 3.51. The van der Waals surface area contributed by atoms with E-state index in [4.69, 9.17) is 11.6 Å². The third kappa shape index (κ3) is 1.48. The number of carbonyl (C=O) groups is 1. The Labute approximate surface area is 110 Å². The van der Waals surface area contributed by atoms with Crippen LogP contribution in [0, 0.1) is 29.6 Å². The molecule has 4 nitrogen and oxygen atoms in total. The molecule has 0 aliphatic heterocycles. The molecule has 2 bridgehead atoms. The van der Waals surface area contributed by atoms with Gasteiger partial charge in [-0.05, 0) is 49.0 Å². The number of hydrogen-bond donors (Lipinski definition) is 1. The van der Waals surface area contributed by atoms with Gasteiger partial charge in [0, 0.05) is 12.1 Å². The number of nitrogens with zero attached hydrogens (tertiary/aromatic N) is 2. The van der Waals surface area contributed by atoms with Crippen LogP contribution in [0.5, 0.6) is 0 Å². The first-order valence-corrected chi connectivity index (χ1v) is 6.91. The highest BCUT2D eigenvalue weighted by Gasteiger charge is 2.67. The average Bonchev–Trinajstić information content (AvgIpc) is 2.79. The van der Waals surface area contributed by atoms with Crippen molar-refractivity contribution in [2.45, 2.75) is 19.3 Å². The van der Waals surface area contributed by atoms with Crippen molar-refractivity contribution in [3.8, 4) is 0 Å². The Kier molecular flexibility index (Phi) is 2.19. The Morgan fingerprint density at radius 2 is 2.06 bits per heavy atom. The summed E-state index contributed by atoms with van der Waals surface area (Å²) in [6.07, 6.45) is 5.56. The van der Waals surface area contributed by atoms with Crippen molar-refractivity contribution < 1.29 is 4.79 Å². The van der Waals surface area contributed by atoms with Crippen molar-refractivity contribution in [3.63, 3.8) is 0 Å². The van der Waals surface area contributed by atoms with Crippen molar-refractivity contribution in [1.82, 2.24) is 9.97 Å². The number of nitrogens with one attached hydrogen (secondary N) is 1. The number of halogens is 1. The Morgan fingerprint density at radius 3 is 2.72 bits per heavy atom. The highest BCUT2D eigenvalue weighted by atomic mass is 35.5. The van der Waals surface area contributed by atoms with Gasteiger partial charge in [0.05, 0.1) is 0 Å². The van der Waals surface area contributed by atoms with E-state index in [0.717, 1.165) is 11.8 Å². The monoisotopic (exact) mass is 263 g/mol. The smallest absolute Gasteiger partial charge is 0.230 e. The van der Waals surface area contributed by atoms with Crippen LogP contribution in [0.4, 0.5) is 5.95 Å². The van der Waals surface area contributed by atoms with E-state index >= 15 is 0 Å². The summed E-state index contributed by atoms with van der Waals surface area (Å²) in [6, 6.07) is 1.60. The number of aromatic nitrogens is 2. The molecule has 1 amide bonds. The lowest BCUT2D eigenvalue weighted by molar-refractivity contribution is -0.118. The Hall–Kier alpha value is -1.16. The molecule has 0 spiro atoms. The van der Waals surface area contributed by atoms with E-state index in [1.807, 2.05) is 0 Å². The Bertz CT molecular complexity index is 505. The molecule has 1 aromatic rings. The van der Waals surface area contributed by atoms with Gasteiger partial charge in [-0.2, -0.15) is 0 Å². The molecule has 3 fully saturated rings. The fourth-order valence-electron chi connectivity index (χ4n) is 4.27. The van der Waals surface area contributed by atoms with Gasteiger partial charge in [0.15, 0.2) is 0 Å². The van der Waals surface area contributed by atoms with Crippen LogP contribution in [0.15, 0.2) is 12.3 Å². The molecule has 1 aromatic heterocycles. The average molecular weight is 264 g/mol. The van der Waals surface area contributed by atoms with E-state index in [0.29, 0.717) is 22.9 Å². The van der Waals surface area contributed by atoms with Gasteiger partial charge >= 0.3 is 0 Å². The van der Waals surface area contributed by atoms with E-state index in [9.17, 15) is 4.79 Å². The molecule has 4 atom stereocenters. The number of fused-ring (bicyclic) bond motifs is 5. The maximum absolute atomic E-state index is 12.2. The lowest BCUT2D eigenvalue weighted by atomic mass is 10.0. The summed E-state index contributed by atoms with van der Waals surface area (Å²) in [7, 11) is 0. The largest absolute Gasteiger partial charge is 0.294 e. The van der Waals surface area contributed by atoms with E-state index in [-0.39, 0.29) is 11.8 Å². The second kappa shape index (κ2) is 3.67. The highest BCUT2D eigenvalue weighted by Crippen LogP contribution is 2.69. The van der Waals surface area contributed by atoms with Gasteiger partial charge in [-0.25, -0.2) is 9.97 Å². The second-order valence-corrected chi connectivity index (χ2v) is 6.09. The van der Waals surface area contributed by atoms with Crippen LogP contribution in [0.25, 0.3) is 0 Å². The first-order valence-electron chi connectivity index (χ1n) is 6.53. The van der Waals surface area contributed by atoms with Crippen molar-refractivity contribution in [2.24, 2.45) is 29.6 Å². The summed E-state index contributed by atoms with van der Waals surface area (Å²) in [5.41, 5.74) is 0. The van der Waals surface area contributed by atoms with E-state index < -0.39 is 0 Å². The fourth-order valence-corrected chi connectivity index (χ4v) is 4.40. The molecule has 3 saturated carbocycles. The standard InChI is InChI=1S/C13H14ClN3O/c14-8-3-4-15-13(16-8)17-12(18)11-9-6-1-2-7(5-6)10(9)11/h3-4,6-7,9-11H,1-2,5H2,(H,15,16,17,18). The fraction of sp³-hybridized carbons (Fsp3) is 0.615. The maximum Gasteiger partial charge on any atom is 0.230 e. The van der Waals surface area contributed by atoms with Crippen LogP contribution in [-0.4, -0.2) is 15.9 Å². The minimum absolute atomic E-state index is 0.0869. The predicted molar refractivity (Wildman–Crippen MR) is 67.0 cm³/mol. The highest BCUT2D eigenvalue weighted by molar-refractivity contribution is 6.29. The number of rotatable bonds is 2. The molecule has 1 N–H and O–H groups in total. The molecule has 4 unspecified atom stereocenters. The Balaban J connectivity index is 1.47. The number of amides is 1. The Morgan fingerprint density at radius 1 is 1.33 bits per heavy atom. The molecule has 94 valence electrons.